The predicted molar refractivity (Wildman–Crippen MR) is 109 cm³/mol. The van der Waals surface area contributed by atoms with Crippen molar-refractivity contribution in [3.05, 3.63) is 75.3 Å². The summed E-state index contributed by atoms with van der Waals surface area (Å²) < 4.78 is 1.61. The van der Waals surface area contributed by atoms with Gasteiger partial charge in [0.2, 0.25) is 5.95 Å². The van der Waals surface area contributed by atoms with Gasteiger partial charge in [0.15, 0.2) is 5.78 Å². The molecule has 6 nitrogen and oxygen atoms in total. The smallest absolute Gasteiger partial charge is 0.259 e. The summed E-state index contributed by atoms with van der Waals surface area (Å²) in [6.45, 7) is 4.50. The van der Waals surface area contributed by atoms with Crippen molar-refractivity contribution in [3.8, 4) is 11.3 Å². The molecule has 0 radical (unpaired) electrons. The van der Waals surface area contributed by atoms with E-state index in [0.29, 0.717) is 34.3 Å². The number of carbonyl (C=O) groups is 1. The second-order valence-corrected chi connectivity index (χ2v) is 7.94. The molecule has 3 aromatic rings. The zero-order valence-electron chi connectivity index (χ0n) is 15.6. The standard InChI is InChI=1S/C21H19ClN4O2/c1-21(2)12-26-19(28)16(11-17(27)13-3-5-15(22)6-4-13)18(24-20(26)25-21)14-7-9-23-10-8-14/h3-10H,11-12H2,1-2H3,(H,24,25). The Labute approximate surface area is 167 Å². The Morgan fingerprint density at radius 3 is 2.54 bits per heavy atom. The van der Waals surface area contributed by atoms with Gasteiger partial charge in [-0.1, -0.05) is 11.6 Å². The van der Waals surface area contributed by atoms with E-state index in [4.69, 9.17) is 16.6 Å². The van der Waals surface area contributed by atoms with Gasteiger partial charge in [-0.2, -0.15) is 0 Å². The Bertz CT molecular complexity index is 1110. The minimum absolute atomic E-state index is 0.0359. The van der Waals surface area contributed by atoms with Crippen LogP contribution in [0, 0.1) is 0 Å². The number of halogens is 1. The Morgan fingerprint density at radius 2 is 1.86 bits per heavy atom. The summed E-state index contributed by atoms with van der Waals surface area (Å²) in [5.41, 5.74) is 1.67. The van der Waals surface area contributed by atoms with Crippen molar-refractivity contribution in [1.82, 2.24) is 14.5 Å². The molecule has 0 atom stereocenters. The fourth-order valence-corrected chi connectivity index (χ4v) is 3.51. The van der Waals surface area contributed by atoms with Gasteiger partial charge in [-0.25, -0.2) is 4.98 Å². The summed E-state index contributed by atoms with van der Waals surface area (Å²) in [4.78, 5) is 34.8. The van der Waals surface area contributed by atoms with Gasteiger partial charge in [-0.05, 0) is 50.2 Å². The summed E-state index contributed by atoms with van der Waals surface area (Å²) in [7, 11) is 0. The maximum absolute atomic E-state index is 13.3. The molecule has 7 heteroatoms. The summed E-state index contributed by atoms with van der Waals surface area (Å²) in [6, 6.07) is 10.2. The van der Waals surface area contributed by atoms with Crippen LogP contribution in [-0.4, -0.2) is 25.9 Å². The number of pyridine rings is 1. The largest absolute Gasteiger partial charge is 0.349 e. The lowest BCUT2D eigenvalue weighted by Gasteiger charge is -2.15. The van der Waals surface area contributed by atoms with Crippen molar-refractivity contribution in [2.24, 2.45) is 0 Å². The van der Waals surface area contributed by atoms with E-state index in [9.17, 15) is 9.59 Å². The van der Waals surface area contributed by atoms with Crippen molar-refractivity contribution in [2.75, 3.05) is 5.32 Å². The van der Waals surface area contributed by atoms with Gasteiger partial charge >= 0.3 is 0 Å². The van der Waals surface area contributed by atoms with Crippen molar-refractivity contribution < 1.29 is 4.79 Å². The number of ketones is 1. The van der Waals surface area contributed by atoms with Crippen LogP contribution in [0.1, 0.15) is 29.8 Å². The molecule has 1 aromatic carbocycles. The lowest BCUT2D eigenvalue weighted by atomic mass is 10.00. The molecule has 1 aliphatic heterocycles. The lowest BCUT2D eigenvalue weighted by Crippen LogP contribution is -2.30. The first kappa shape index (κ1) is 18.4. The van der Waals surface area contributed by atoms with Crippen LogP contribution >= 0.6 is 11.6 Å². The van der Waals surface area contributed by atoms with Crippen LogP contribution in [0.25, 0.3) is 11.3 Å². The zero-order valence-corrected chi connectivity index (χ0v) is 16.3. The quantitative estimate of drug-likeness (QED) is 0.684. The third-order valence-electron chi connectivity index (χ3n) is 4.72. The van der Waals surface area contributed by atoms with Crippen LogP contribution in [0.4, 0.5) is 5.95 Å². The molecule has 0 aliphatic carbocycles. The number of fused-ring (bicyclic) bond motifs is 1. The number of aromatic nitrogens is 3. The number of nitrogens with one attached hydrogen (secondary N) is 1. The third kappa shape index (κ3) is 3.43. The first-order valence-corrected chi connectivity index (χ1v) is 9.33. The van der Waals surface area contributed by atoms with E-state index in [-0.39, 0.29) is 23.3 Å². The SMILES string of the molecule is CC1(C)Cn2c(nc(-c3ccncc3)c(CC(=O)c3ccc(Cl)cc3)c2=O)N1. The highest BCUT2D eigenvalue weighted by atomic mass is 35.5. The molecule has 0 unspecified atom stereocenters. The van der Waals surface area contributed by atoms with E-state index in [1.54, 1.807) is 53.4 Å². The van der Waals surface area contributed by atoms with Gasteiger partial charge in [-0.15, -0.1) is 0 Å². The zero-order chi connectivity index (χ0) is 19.9. The van der Waals surface area contributed by atoms with Crippen LogP contribution in [0.15, 0.2) is 53.6 Å². The number of rotatable bonds is 4. The lowest BCUT2D eigenvalue weighted by molar-refractivity contribution is 0.0992. The first-order chi connectivity index (χ1) is 13.3. The van der Waals surface area contributed by atoms with Crippen LogP contribution in [0.2, 0.25) is 5.02 Å². The molecule has 0 amide bonds. The first-order valence-electron chi connectivity index (χ1n) is 8.95. The van der Waals surface area contributed by atoms with Gasteiger partial charge in [0, 0.05) is 35.0 Å². The van der Waals surface area contributed by atoms with E-state index < -0.39 is 0 Å². The highest BCUT2D eigenvalue weighted by Crippen LogP contribution is 2.28. The topological polar surface area (TPSA) is 76.9 Å². The number of carbonyl (C=O) groups excluding carboxylic acids is 1. The van der Waals surface area contributed by atoms with E-state index >= 15 is 0 Å². The predicted octanol–water partition coefficient (Wildman–Crippen LogP) is 3.59. The van der Waals surface area contributed by atoms with Gasteiger partial charge in [-0.3, -0.25) is 19.1 Å². The number of Topliss-reactive ketones (excluding diaryl/α,β-unsaturated/α-hetero) is 1. The molecule has 0 bridgehead atoms. The maximum atomic E-state index is 13.3. The molecule has 1 aliphatic rings. The Balaban J connectivity index is 1.82. The van der Waals surface area contributed by atoms with Crippen LogP contribution in [0.5, 0.6) is 0 Å². The van der Waals surface area contributed by atoms with Gasteiger partial charge in [0.05, 0.1) is 23.3 Å². The molecule has 3 heterocycles. The van der Waals surface area contributed by atoms with E-state index in [2.05, 4.69) is 10.3 Å². The minimum Gasteiger partial charge on any atom is -0.349 e. The fraction of sp³-hybridized carbons (Fsp3) is 0.238. The second-order valence-electron chi connectivity index (χ2n) is 7.51. The molecule has 0 saturated carbocycles. The normalized spacial score (nSPS) is 14.4. The number of hydrogen-bond donors (Lipinski definition) is 1. The molecule has 28 heavy (non-hydrogen) atoms. The van der Waals surface area contributed by atoms with E-state index in [0.717, 1.165) is 5.56 Å². The summed E-state index contributed by atoms with van der Waals surface area (Å²) in [5.74, 6) is 0.362. The van der Waals surface area contributed by atoms with E-state index in [1.807, 2.05) is 13.8 Å². The molecule has 0 fully saturated rings. The average molecular weight is 395 g/mol. The molecular formula is C21H19ClN4O2. The molecular weight excluding hydrogens is 376 g/mol. The minimum atomic E-state index is -0.284. The third-order valence-corrected chi connectivity index (χ3v) is 4.98. The molecule has 0 saturated heterocycles. The molecule has 2 aromatic heterocycles. The maximum Gasteiger partial charge on any atom is 0.259 e. The second kappa shape index (κ2) is 6.87. The molecule has 4 rings (SSSR count). The van der Waals surface area contributed by atoms with Crippen LogP contribution in [0.3, 0.4) is 0 Å². The Kier molecular flexibility index (Phi) is 4.51. The Hall–Kier alpha value is -2.99. The highest BCUT2D eigenvalue weighted by molar-refractivity contribution is 6.30. The number of benzene rings is 1. The summed E-state index contributed by atoms with van der Waals surface area (Å²) in [5, 5.41) is 3.84. The molecule has 142 valence electrons. The van der Waals surface area contributed by atoms with Crippen molar-refractivity contribution in [1.29, 1.82) is 0 Å². The van der Waals surface area contributed by atoms with Gasteiger partial charge < -0.3 is 5.32 Å². The summed E-state index contributed by atoms with van der Waals surface area (Å²) in [6.07, 6.45) is 3.25. The van der Waals surface area contributed by atoms with Crippen molar-refractivity contribution in [2.45, 2.75) is 32.4 Å². The van der Waals surface area contributed by atoms with Gasteiger partial charge in [0.1, 0.15) is 0 Å². The molecule has 0 spiro atoms. The molecule has 1 N–H and O–H groups in total. The van der Waals surface area contributed by atoms with Crippen molar-refractivity contribution >= 4 is 23.3 Å². The summed E-state index contributed by atoms with van der Waals surface area (Å²) >= 11 is 5.91. The number of nitrogens with zero attached hydrogens (tertiary/aromatic N) is 3. The average Bonchev–Trinajstić information content (AvgIpc) is 2.99. The fourth-order valence-electron chi connectivity index (χ4n) is 3.38. The highest BCUT2D eigenvalue weighted by Gasteiger charge is 2.32. The number of hydrogen-bond acceptors (Lipinski definition) is 5. The van der Waals surface area contributed by atoms with E-state index in [1.165, 1.54) is 0 Å². The van der Waals surface area contributed by atoms with Crippen LogP contribution in [-0.2, 0) is 13.0 Å². The Morgan fingerprint density at radius 1 is 1.18 bits per heavy atom. The van der Waals surface area contributed by atoms with Crippen LogP contribution < -0.4 is 10.9 Å². The van der Waals surface area contributed by atoms with Crippen molar-refractivity contribution in [3.63, 3.8) is 0 Å². The monoisotopic (exact) mass is 394 g/mol. The van der Waals surface area contributed by atoms with Gasteiger partial charge in [0.25, 0.3) is 5.56 Å². The number of anilines is 1.